The van der Waals surface area contributed by atoms with E-state index in [9.17, 15) is 24.3 Å². The van der Waals surface area contributed by atoms with Crippen LogP contribution in [0.5, 0.6) is 0 Å². The minimum atomic E-state index is -1.20. The Kier molecular flexibility index (Phi) is 5.74. The molecular formula is C22H20ClFN4O3. The number of halogens is 2. The highest BCUT2D eigenvalue weighted by Gasteiger charge is 2.34. The molecule has 0 saturated heterocycles. The zero-order valence-electron chi connectivity index (χ0n) is 17.3. The number of hydrogen-bond donors (Lipinski definition) is 1. The first-order chi connectivity index (χ1) is 14.5. The molecule has 0 aliphatic rings. The highest BCUT2D eigenvalue weighted by atomic mass is 35.5. The van der Waals surface area contributed by atoms with Crippen molar-refractivity contribution in [2.75, 3.05) is 0 Å². The monoisotopic (exact) mass is 442 g/mol. The van der Waals surface area contributed by atoms with Gasteiger partial charge in [-0.2, -0.15) is 5.26 Å². The van der Waals surface area contributed by atoms with E-state index in [2.05, 4.69) is 4.98 Å². The minimum Gasteiger partial charge on any atom is -0.465 e. The van der Waals surface area contributed by atoms with E-state index in [-0.39, 0.29) is 21.7 Å². The van der Waals surface area contributed by atoms with Gasteiger partial charge in [0.25, 0.3) is 5.56 Å². The first-order valence-corrected chi connectivity index (χ1v) is 9.78. The Labute approximate surface area is 182 Å². The van der Waals surface area contributed by atoms with E-state index < -0.39 is 29.1 Å². The predicted molar refractivity (Wildman–Crippen MR) is 115 cm³/mol. The Morgan fingerprint density at radius 3 is 2.58 bits per heavy atom. The minimum absolute atomic E-state index is 0.0547. The topological polar surface area (TPSA) is 99.2 Å². The van der Waals surface area contributed by atoms with Crippen LogP contribution in [0.4, 0.5) is 9.18 Å². The lowest BCUT2D eigenvalue weighted by molar-refractivity contribution is 0.0719. The van der Waals surface area contributed by atoms with Crippen molar-refractivity contribution in [3.63, 3.8) is 0 Å². The van der Waals surface area contributed by atoms with Crippen molar-refractivity contribution in [3.8, 4) is 11.8 Å². The quantitative estimate of drug-likeness (QED) is 0.622. The van der Waals surface area contributed by atoms with E-state index in [0.717, 1.165) is 12.1 Å². The van der Waals surface area contributed by atoms with E-state index >= 15 is 0 Å². The standard InChI is InChI=1S/C22H20ClFN4O3/c1-12(28(21(30)31)22(2,3)4)19-26-18-16(9-14(24)10-17(18)23)20(29)27(19)15-7-5-6-13(8-15)11-25/h5-10,12H,1-4H3,(H,30,31). The molecular weight excluding hydrogens is 423 g/mol. The van der Waals surface area contributed by atoms with Crippen LogP contribution in [0.1, 0.15) is 45.1 Å². The average Bonchev–Trinajstić information content (AvgIpc) is 2.67. The molecule has 0 aliphatic heterocycles. The van der Waals surface area contributed by atoms with E-state index in [1.807, 2.05) is 6.07 Å². The molecule has 0 aliphatic carbocycles. The fraction of sp³-hybridized carbons (Fsp3) is 0.273. The summed E-state index contributed by atoms with van der Waals surface area (Å²) in [5.74, 6) is -0.602. The van der Waals surface area contributed by atoms with Crippen LogP contribution < -0.4 is 5.56 Å². The molecule has 3 aromatic rings. The maximum absolute atomic E-state index is 14.0. The Hall–Kier alpha value is -3.44. The number of fused-ring (bicyclic) bond motifs is 1. The molecule has 0 bridgehead atoms. The lowest BCUT2D eigenvalue weighted by Crippen LogP contribution is -2.47. The van der Waals surface area contributed by atoms with E-state index in [1.54, 1.807) is 45.9 Å². The van der Waals surface area contributed by atoms with Gasteiger partial charge in [-0.25, -0.2) is 14.2 Å². The second-order valence-corrected chi connectivity index (χ2v) is 8.46. The number of benzene rings is 2. The number of nitrogens with zero attached hydrogens (tertiary/aromatic N) is 4. The van der Waals surface area contributed by atoms with Crippen molar-refractivity contribution < 1.29 is 14.3 Å². The second kappa shape index (κ2) is 8.00. The first kappa shape index (κ1) is 22.2. The molecule has 1 N–H and O–H groups in total. The van der Waals surface area contributed by atoms with Crippen molar-refractivity contribution in [1.82, 2.24) is 14.5 Å². The number of carbonyl (C=O) groups is 1. The molecule has 3 rings (SSSR count). The molecule has 1 unspecified atom stereocenters. The summed E-state index contributed by atoms with van der Waals surface area (Å²) in [6.07, 6.45) is -1.20. The molecule has 1 amide bonds. The Morgan fingerprint density at radius 2 is 2.00 bits per heavy atom. The maximum Gasteiger partial charge on any atom is 0.408 e. The third-order valence-electron chi connectivity index (χ3n) is 4.84. The van der Waals surface area contributed by atoms with Crippen LogP contribution in [0.15, 0.2) is 41.2 Å². The largest absolute Gasteiger partial charge is 0.465 e. The number of carboxylic acid groups (broad SMARTS) is 1. The van der Waals surface area contributed by atoms with E-state index in [1.165, 1.54) is 15.5 Å². The highest BCUT2D eigenvalue weighted by molar-refractivity contribution is 6.35. The van der Waals surface area contributed by atoms with Gasteiger partial charge in [0.15, 0.2) is 0 Å². The number of rotatable bonds is 3. The summed E-state index contributed by atoms with van der Waals surface area (Å²) in [4.78, 5) is 31.2. The van der Waals surface area contributed by atoms with Crippen molar-refractivity contribution in [2.24, 2.45) is 0 Å². The van der Waals surface area contributed by atoms with Crippen LogP contribution in [0.25, 0.3) is 16.6 Å². The molecule has 0 radical (unpaired) electrons. The molecule has 1 heterocycles. The smallest absolute Gasteiger partial charge is 0.408 e. The van der Waals surface area contributed by atoms with Gasteiger partial charge in [0.05, 0.1) is 39.3 Å². The summed E-state index contributed by atoms with van der Waals surface area (Å²) in [5.41, 5.74) is -0.764. The number of hydrogen-bond acceptors (Lipinski definition) is 4. The van der Waals surface area contributed by atoms with Crippen molar-refractivity contribution in [2.45, 2.75) is 39.3 Å². The molecule has 7 nitrogen and oxygen atoms in total. The van der Waals surface area contributed by atoms with Gasteiger partial charge in [0.1, 0.15) is 11.6 Å². The SMILES string of the molecule is CC(c1nc2c(Cl)cc(F)cc2c(=O)n1-c1cccc(C#N)c1)N(C(=O)O)C(C)(C)C. The van der Waals surface area contributed by atoms with Gasteiger partial charge in [0.2, 0.25) is 0 Å². The Bertz CT molecular complexity index is 1290. The van der Waals surface area contributed by atoms with E-state index in [4.69, 9.17) is 11.6 Å². The van der Waals surface area contributed by atoms with Crippen LogP contribution in [-0.2, 0) is 0 Å². The molecule has 0 spiro atoms. The molecule has 1 aromatic heterocycles. The highest BCUT2D eigenvalue weighted by Crippen LogP contribution is 2.30. The van der Waals surface area contributed by atoms with E-state index in [0.29, 0.717) is 11.3 Å². The van der Waals surface area contributed by atoms with Gasteiger partial charge in [-0.3, -0.25) is 14.3 Å². The summed E-state index contributed by atoms with van der Waals surface area (Å²) < 4.78 is 15.2. The van der Waals surface area contributed by atoms with Crippen LogP contribution in [0, 0.1) is 17.1 Å². The van der Waals surface area contributed by atoms with Crippen molar-refractivity contribution in [1.29, 1.82) is 5.26 Å². The molecule has 1 atom stereocenters. The van der Waals surface area contributed by atoms with Crippen LogP contribution in [0.3, 0.4) is 0 Å². The summed E-state index contributed by atoms with van der Waals surface area (Å²) >= 11 is 6.17. The zero-order valence-corrected chi connectivity index (χ0v) is 18.1. The first-order valence-electron chi connectivity index (χ1n) is 9.40. The van der Waals surface area contributed by atoms with Crippen molar-refractivity contribution >= 4 is 28.6 Å². The lowest BCUT2D eigenvalue weighted by Gasteiger charge is -2.38. The zero-order chi connectivity index (χ0) is 23.1. The summed E-state index contributed by atoms with van der Waals surface area (Å²) in [7, 11) is 0. The Morgan fingerprint density at radius 1 is 1.32 bits per heavy atom. The van der Waals surface area contributed by atoms with Gasteiger partial charge in [-0.15, -0.1) is 0 Å². The fourth-order valence-electron chi connectivity index (χ4n) is 3.63. The van der Waals surface area contributed by atoms with Crippen LogP contribution >= 0.6 is 11.6 Å². The van der Waals surface area contributed by atoms with Crippen LogP contribution in [0.2, 0.25) is 5.02 Å². The summed E-state index contributed by atoms with van der Waals surface area (Å²) in [5, 5.41) is 19.0. The van der Waals surface area contributed by atoms with Gasteiger partial charge in [-0.05, 0) is 58.0 Å². The number of nitriles is 1. The number of amides is 1. The molecule has 31 heavy (non-hydrogen) atoms. The lowest BCUT2D eigenvalue weighted by atomic mass is 10.0. The van der Waals surface area contributed by atoms with Gasteiger partial charge in [0, 0.05) is 5.54 Å². The molecule has 0 fully saturated rings. The third kappa shape index (κ3) is 4.09. The maximum atomic E-state index is 14.0. The fourth-order valence-corrected chi connectivity index (χ4v) is 3.87. The second-order valence-electron chi connectivity index (χ2n) is 8.06. The van der Waals surface area contributed by atoms with Gasteiger partial charge < -0.3 is 5.11 Å². The number of aromatic nitrogens is 2. The van der Waals surface area contributed by atoms with Gasteiger partial charge >= 0.3 is 6.09 Å². The molecule has 9 heteroatoms. The third-order valence-corrected chi connectivity index (χ3v) is 5.13. The molecule has 0 saturated carbocycles. The normalized spacial score (nSPS) is 12.4. The van der Waals surface area contributed by atoms with Crippen molar-refractivity contribution in [3.05, 3.63) is 69.0 Å². The van der Waals surface area contributed by atoms with Crippen LogP contribution in [-0.4, -0.2) is 31.2 Å². The summed E-state index contributed by atoms with van der Waals surface area (Å²) in [6.45, 7) is 6.77. The molecule has 160 valence electrons. The molecule has 2 aromatic carbocycles. The average molecular weight is 443 g/mol. The van der Waals surface area contributed by atoms with Gasteiger partial charge in [-0.1, -0.05) is 17.7 Å². The summed E-state index contributed by atoms with van der Waals surface area (Å²) in [6, 6.07) is 9.45. The predicted octanol–water partition coefficient (Wildman–Crippen LogP) is 4.89. The Balaban J connectivity index is 2.45.